The standard InChI is InChI=1S/C19H31N3O4S/c1-5-10-25-15(23)19(6-7-19)13-21-12-14-11-20(8-9-22(14)16(21)27)17(24)26-18(2,3)4/h14H,5-13H2,1-4H3. The molecule has 2 saturated heterocycles. The van der Waals surface area contributed by atoms with Crippen LogP contribution in [0.3, 0.4) is 0 Å². The molecule has 7 nitrogen and oxygen atoms in total. The number of carbonyl (C=O) groups excluding carboxylic acids is 2. The van der Waals surface area contributed by atoms with E-state index in [1.54, 1.807) is 4.90 Å². The summed E-state index contributed by atoms with van der Waals surface area (Å²) in [5.41, 5.74) is -0.888. The van der Waals surface area contributed by atoms with Crippen LogP contribution in [-0.4, -0.2) is 82.8 Å². The highest BCUT2D eigenvalue weighted by molar-refractivity contribution is 7.80. The zero-order valence-corrected chi connectivity index (χ0v) is 17.6. The fraction of sp³-hybridized carbons (Fsp3) is 0.842. The third-order valence-corrected chi connectivity index (χ3v) is 5.79. The van der Waals surface area contributed by atoms with Crippen molar-refractivity contribution in [1.29, 1.82) is 0 Å². The lowest BCUT2D eigenvalue weighted by Crippen LogP contribution is -2.54. The number of esters is 1. The number of hydrogen-bond acceptors (Lipinski definition) is 5. The molecule has 1 unspecified atom stereocenters. The van der Waals surface area contributed by atoms with E-state index in [1.807, 2.05) is 27.7 Å². The molecule has 2 heterocycles. The lowest BCUT2D eigenvalue weighted by Gasteiger charge is -2.37. The molecule has 0 aromatic rings. The van der Waals surface area contributed by atoms with E-state index in [1.165, 1.54) is 0 Å². The molecule has 152 valence electrons. The maximum atomic E-state index is 12.4. The highest BCUT2D eigenvalue weighted by Gasteiger charge is 2.54. The maximum absolute atomic E-state index is 12.4. The van der Waals surface area contributed by atoms with Gasteiger partial charge in [0, 0.05) is 32.7 Å². The summed E-state index contributed by atoms with van der Waals surface area (Å²) in [6.07, 6.45) is 2.29. The Bertz CT molecular complexity index is 615. The first-order chi connectivity index (χ1) is 12.6. The second-order valence-electron chi connectivity index (χ2n) is 8.85. The van der Waals surface area contributed by atoms with Gasteiger partial charge in [-0.2, -0.15) is 0 Å². The molecule has 0 aromatic heterocycles. The minimum Gasteiger partial charge on any atom is -0.465 e. The van der Waals surface area contributed by atoms with Gasteiger partial charge in [-0.3, -0.25) is 4.79 Å². The Morgan fingerprint density at radius 1 is 1.22 bits per heavy atom. The van der Waals surface area contributed by atoms with Gasteiger partial charge in [-0.25, -0.2) is 4.79 Å². The molecule has 0 aromatic carbocycles. The fourth-order valence-electron chi connectivity index (χ4n) is 3.69. The molecule has 0 radical (unpaired) electrons. The summed E-state index contributed by atoms with van der Waals surface area (Å²) in [7, 11) is 0. The van der Waals surface area contributed by atoms with Gasteiger partial charge >= 0.3 is 12.1 Å². The highest BCUT2D eigenvalue weighted by atomic mass is 32.1. The molecule has 1 amide bonds. The van der Waals surface area contributed by atoms with Gasteiger partial charge < -0.3 is 24.2 Å². The van der Waals surface area contributed by atoms with E-state index in [9.17, 15) is 9.59 Å². The number of amides is 1. The van der Waals surface area contributed by atoms with Crippen LogP contribution in [0.15, 0.2) is 0 Å². The van der Waals surface area contributed by atoms with E-state index >= 15 is 0 Å². The third kappa shape index (κ3) is 4.47. The maximum Gasteiger partial charge on any atom is 0.410 e. The van der Waals surface area contributed by atoms with Crippen LogP contribution in [0.4, 0.5) is 4.79 Å². The minimum absolute atomic E-state index is 0.0904. The number of fused-ring (bicyclic) bond motifs is 1. The highest BCUT2D eigenvalue weighted by Crippen LogP contribution is 2.48. The molecule has 3 fully saturated rings. The van der Waals surface area contributed by atoms with Gasteiger partial charge in [0.15, 0.2) is 5.11 Å². The molecular weight excluding hydrogens is 366 g/mol. The van der Waals surface area contributed by atoms with Crippen molar-refractivity contribution in [3.8, 4) is 0 Å². The summed E-state index contributed by atoms with van der Waals surface area (Å²) in [5.74, 6) is -0.0904. The summed E-state index contributed by atoms with van der Waals surface area (Å²) in [5, 5.41) is 0.790. The monoisotopic (exact) mass is 397 g/mol. The van der Waals surface area contributed by atoms with Crippen LogP contribution in [0.25, 0.3) is 0 Å². The predicted molar refractivity (Wildman–Crippen MR) is 105 cm³/mol. The number of nitrogens with zero attached hydrogens (tertiary/aromatic N) is 3. The van der Waals surface area contributed by atoms with E-state index in [2.05, 4.69) is 9.80 Å². The van der Waals surface area contributed by atoms with E-state index in [4.69, 9.17) is 21.7 Å². The number of hydrogen-bond donors (Lipinski definition) is 0. The van der Waals surface area contributed by atoms with Gasteiger partial charge in [-0.1, -0.05) is 6.92 Å². The average Bonchev–Trinajstić information content (AvgIpc) is 3.31. The number of carbonyl (C=O) groups is 2. The second kappa shape index (κ2) is 7.45. The van der Waals surface area contributed by atoms with Gasteiger partial charge in [-0.15, -0.1) is 0 Å². The Hall–Kier alpha value is -1.57. The van der Waals surface area contributed by atoms with E-state index in [0.29, 0.717) is 32.8 Å². The summed E-state index contributed by atoms with van der Waals surface area (Å²) in [6, 6.07) is 0.154. The molecule has 8 heteroatoms. The second-order valence-corrected chi connectivity index (χ2v) is 9.22. The van der Waals surface area contributed by atoms with Crippen molar-refractivity contribution < 1.29 is 19.1 Å². The van der Waals surface area contributed by atoms with Crippen LogP contribution in [-0.2, 0) is 14.3 Å². The van der Waals surface area contributed by atoms with Crippen molar-refractivity contribution >= 4 is 29.4 Å². The summed E-state index contributed by atoms with van der Waals surface area (Å²) in [6.45, 7) is 11.4. The molecule has 0 bridgehead atoms. The zero-order valence-electron chi connectivity index (χ0n) is 16.8. The smallest absolute Gasteiger partial charge is 0.410 e. The molecular formula is C19H31N3O4S. The number of thiocarbonyl (C=S) groups is 1. The fourth-order valence-corrected chi connectivity index (χ4v) is 4.07. The SMILES string of the molecule is CCCOC(=O)C1(CN2CC3CN(C(=O)OC(C)(C)C)CCN3C2=S)CC1. The molecule has 1 atom stereocenters. The summed E-state index contributed by atoms with van der Waals surface area (Å²) in [4.78, 5) is 30.8. The first kappa shape index (κ1) is 20.2. The van der Waals surface area contributed by atoms with Crippen molar-refractivity contribution in [2.24, 2.45) is 5.41 Å². The Morgan fingerprint density at radius 2 is 1.93 bits per heavy atom. The van der Waals surface area contributed by atoms with E-state index < -0.39 is 11.0 Å². The minimum atomic E-state index is -0.498. The molecule has 0 N–H and O–H groups in total. The molecule has 0 spiro atoms. The van der Waals surface area contributed by atoms with Crippen molar-refractivity contribution in [2.75, 3.05) is 39.3 Å². The Labute approximate surface area is 166 Å². The normalized spacial score (nSPS) is 23.9. The lowest BCUT2D eigenvalue weighted by molar-refractivity contribution is -0.150. The van der Waals surface area contributed by atoms with Crippen molar-refractivity contribution in [3.05, 3.63) is 0 Å². The van der Waals surface area contributed by atoms with Crippen LogP contribution >= 0.6 is 12.2 Å². The van der Waals surface area contributed by atoms with Gasteiger partial charge in [0.2, 0.25) is 0 Å². The lowest BCUT2D eigenvalue weighted by atomic mass is 10.1. The third-order valence-electron chi connectivity index (χ3n) is 5.30. The van der Waals surface area contributed by atoms with Crippen LogP contribution in [0.5, 0.6) is 0 Å². The van der Waals surface area contributed by atoms with E-state index in [-0.39, 0.29) is 18.1 Å². The number of ether oxygens (including phenoxy) is 2. The quantitative estimate of drug-likeness (QED) is 0.521. The van der Waals surface area contributed by atoms with Crippen LogP contribution in [0.1, 0.15) is 47.0 Å². The largest absolute Gasteiger partial charge is 0.465 e. The van der Waals surface area contributed by atoms with Crippen LogP contribution in [0, 0.1) is 5.41 Å². The number of piperazine rings is 1. The molecule has 3 aliphatic rings. The van der Waals surface area contributed by atoms with Gasteiger partial charge in [0.05, 0.1) is 18.1 Å². The van der Waals surface area contributed by atoms with Crippen molar-refractivity contribution in [2.45, 2.75) is 58.6 Å². The molecule has 3 rings (SSSR count). The Morgan fingerprint density at radius 3 is 2.52 bits per heavy atom. The topological polar surface area (TPSA) is 62.3 Å². The Balaban J connectivity index is 1.58. The first-order valence-corrected chi connectivity index (χ1v) is 10.3. The molecule has 1 saturated carbocycles. The van der Waals surface area contributed by atoms with Crippen LogP contribution < -0.4 is 0 Å². The first-order valence-electron chi connectivity index (χ1n) is 9.86. The van der Waals surface area contributed by atoms with E-state index in [0.717, 1.165) is 30.9 Å². The number of rotatable bonds is 5. The van der Waals surface area contributed by atoms with Crippen LogP contribution in [0.2, 0.25) is 0 Å². The van der Waals surface area contributed by atoms with Crippen molar-refractivity contribution in [1.82, 2.24) is 14.7 Å². The molecule has 2 aliphatic heterocycles. The van der Waals surface area contributed by atoms with Gasteiger partial charge in [0.25, 0.3) is 0 Å². The predicted octanol–water partition coefficient (Wildman–Crippen LogP) is 2.24. The van der Waals surface area contributed by atoms with Gasteiger partial charge in [0.1, 0.15) is 5.60 Å². The van der Waals surface area contributed by atoms with Gasteiger partial charge in [-0.05, 0) is 52.3 Å². The summed E-state index contributed by atoms with van der Waals surface area (Å²) < 4.78 is 10.9. The summed E-state index contributed by atoms with van der Waals surface area (Å²) >= 11 is 5.67. The molecule has 1 aliphatic carbocycles. The average molecular weight is 398 g/mol. The molecule has 27 heavy (non-hydrogen) atoms. The van der Waals surface area contributed by atoms with Crippen molar-refractivity contribution in [3.63, 3.8) is 0 Å². The zero-order chi connectivity index (χ0) is 19.8. The Kier molecular flexibility index (Phi) is 5.57.